The zero-order chi connectivity index (χ0) is 23.7. The molecule has 1 N–H and O–H groups in total. The number of carbonyl (C=O) groups is 1. The summed E-state index contributed by atoms with van der Waals surface area (Å²) in [5.74, 6) is 0.677. The van der Waals surface area contributed by atoms with Gasteiger partial charge in [0, 0.05) is 18.6 Å². The Morgan fingerprint density at radius 1 is 0.939 bits per heavy atom. The Hall–Kier alpha value is -2.07. The summed E-state index contributed by atoms with van der Waals surface area (Å²) in [6.07, 6.45) is 18.0. The van der Waals surface area contributed by atoms with Gasteiger partial charge in [-0.1, -0.05) is 95.4 Å². The molecule has 1 amide bonds. The van der Waals surface area contributed by atoms with E-state index in [1.54, 1.807) is 0 Å². The molecule has 2 aromatic rings. The third-order valence-corrected chi connectivity index (χ3v) is 6.22. The number of rotatable bonds is 17. The van der Waals surface area contributed by atoms with Crippen LogP contribution in [0.2, 0.25) is 5.02 Å². The fourth-order valence-electron chi connectivity index (χ4n) is 3.97. The number of carbonyl (C=O) groups excluding carboxylic acids is 1. The van der Waals surface area contributed by atoms with Crippen LogP contribution in [0.25, 0.3) is 0 Å². The van der Waals surface area contributed by atoms with E-state index in [-0.39, 0.29) is 12.1 Å². The van der Waals surface area contributed by atoms with Crippen molar-refractivity contribution in [3.05, 3.63) is 59.4 Å². The molecule has 1 aromatic heterocycles. The zero-order valence-corrected chi connectivity index (χ0v) is 21.3. The van der Waals surface area contributed by atoms with Gasteiger partial charge in [0.05, 0.1) is 18.1 Å². The van der Waals surface area contributed by atoms with Crippen LogP contribution < -0.4 is 14.6 Å². The molecular formula is C28H42ClN2O2+. The van der Waals surface area contributed by atoms with E-state index >= 15 is 0 Å². The molecule has 0 saturated heterocycles. The van der Waals surface area contributed by atoms with Gasteiger partial charge in [-0.3, -0.25) is 10.1 Å². The van der Waals surface area contributed by atoms with Crippen LogP contribution in [0.3, 0.4) is 0 Å². The lowest BCUT2D eigenvalue weighted by Gasteiger charge is -2.13. The van der Waals surface area contributed by atoms with Crippen molar-refractivity contribution in [2.45, 2.75) is 97.1 Å². The van der Waals surface area contributed by atoms with Crippen LogP contribution in [0.4, 0.5) is 0 Å². The average molecular weight is 474 g/mol. The van der Waals surface area contributed by atoms with Crippen molar-refractivity contribution in [2.24, 2.45) is 0 Å². The van der Waals surface area contributed by atoms with Crippen molar-refractivity contribution >= 4 is 17.5 Å². The first-order valence-corrected chi connectivity index (χ1v) is 13.2. The SMILES string of the molecule is CCCCCCCCCCCCOc1ccc(CC(=O)NC(CC)[n+]2ccccc2)cc1Cl. The minimum Gasteiger partial charge on any atom is -0.492 e. The Bertz CT molecular complexity index is 798. The van der Waals surface area contributed by atoms with Gasteiger partial charge < -0.3 is 4.74 Å². The maximum atomic E-state index is 12.5. The van der Waals surface area contributed by atoms with Crippen molar-refractivity contribution in [1.29, 1.82) is 0 Å². The van der Waals surface area contributed by atoms with Crippen LogP contribution in [-0.2, 0) is 11.2 Å². The van der Waals surface area contributed by atoms with E-state index in [2.05, 4.69) is 19.2 Å². The molecule has 1 unspecified atom stereocenters. The molecular weight excluding hydrogens is 432 g/mol. The first kappa shape index (κ1) is 27.2. The topological polar surface area (TPSA) is 42.2 Å². The summed E-state index contributed by atoms with van der Waals surface area (Å²) in [4.78, 5) is 12.5. The molecule has 1 aromatic carbocycles. The zero-order valence-electron chi connectivity index (χ0n) is 20.5. The van der Waals surface area contributed by atoms with Crippen LogP contribution in [0.5, 0.6) is 5.75 Å². The fraction of sp³-hybridized carbons (Fsp3) is 0.571. The minimum absolute atomic E-state index is 0.0201. The van der Waals surface area contributed by atoms with E-state index in [0.29, 0.717) is 23.8 Å². The second kappa shape index (κ2) is 16.5. The molecule has 1 atom stereocenters. The maximum Gasteiger partial charge on any atom is 0.233 e. The predicted octanol–water partition coefficient (Wildman–Crippen LogP) is 7.19. The highest BCUT2D eigenvalue weighted by molar-refractivity contribution is 6.32. The van der Waals surface area contributed by atoms with Crippen LogP contribution in [-0.4, -0.2) is 12.5 Å². The highest BCUT2D eigenvalue weighted by Gasteiger charge is 2.18. The minimum atomic E-state index is -0.0576. The van der Waals surface area contributed by atoms with E-state index in [4.69, 9.17) is 16.3 Å². The Kier molecular flexibility index (Phi) is 13.6. The summed E-state index contributed by atoms with van der Waals surface area (Å²) in [5.41, 5.74) is 0.886. The molecule has 0 aliphatic carbocycles. The average Bonchev–Trinajstić information content (AvgIpc) is 2.82. The normalized spacial score (nSPS) is 11.8. The Morgan fingerprint density at radius 3 is 2.18 bits per heavy atom. The van der Waals surface area contributed by atoms with Gasteiger partial charge in [-0.05, 0) is 24.1 Å². The number of halogens is 1. The molecule has 0 radical (unpaired) electrons. The molecule has 0 bridgehead atoms. The number of nitrogens with zero attached hydrogens (tertiary/aromatic N) is 1. The number of amides is 1. The third kappa shape index (κ3) is 11.1. The van der Waals surface area contributed by atoms with Crippen molar-refractivity contribution in [2.75, 3.05) is 6.61 Å². The Balaban J connectivity index is 1.65. The van der Waals surface area contributed by atoms with Crippen LogP contribution in [0.15, 0.2) is 48.8 Å². The molecule has 0 aliphatic heterocycles. The number of hydrogen-bond donors (Lipinski definition) is 1. The summed E-state index contributed by atoms with van der Waals surface area (Å²) in [7, 11) is 0. The first-order valence-electron chi connectivity index (χ1n) is 12.8. The molecule has 0 fully saturated rings. The summed E-state index contributed by atoms with van der Waals surface area (Å²) in [5, 5.41) is 3.66. The van der Waals surface area contributed by atoms with Crippen molar-refractivity contribution in [3.63, 3.8) is 0 Å². The quantitative estimate of drug-likeness (QED) is 0.195. The van der Waals surface area contributed by atoms with Gasteiger partial charge >= 0.3 is 0 Å². The van der Waals surface area contributed by atoms with Crippen LogP contribution >= 0.6 is 11.6 Å². The number of aromatic nitrogens is 1. The van der Waals surface area contributed by atoms with Crippen molar-refractivity contribution < 1.29 is 14.1 Å². The van der Waals surface area contributed by atoms with Gasteiger partial charge in [-0.15, -0.1) is 0 Å². The Labute approximate surface area is 205 Å². The highest BCUT2D eigenvalue weighted by Crippen LogP contribution is 2.26. The number of ether oxygens (including phenoxy) is 1. The standard InChI is InChI=1S/C28H41ClN2O2/c1-3-5-6-7-8-9-10-11-12-16-21-33-26-18-17-24(22-25(26)29)23-28(32)30-27(4-2)31-19-14-13-15-20-31/h13-15,17-20,22,27H,3-12,16,21,23H2,1-2H3/p+1. The fourth-order valence-corrected chi connectivity index (χ4v) is 4.23. The van der Waals surface area contributed by atoms with Gasteiger partial charge in [0.25, 0.3) is 0 Å². The molecule has 4 nitrogen and oxygen atoms in total. The maximum absolute atomic E-state index is 12.5. The van der Waals surface area contributed by atoms with E-state index in [1.165, 1.54) is 57.8 Å². The van der Waals surface area contributed by atoms with Crippen LogP contribution in [0.1, 0.15) is 96.2 Å². The predicted molar refractivity (Wildman–Crippen MR) is 137 cm³/mol. The molecule has 33 heavy (non-hydrogen) atoms. The summed E-state index contributed by atoms with van der Waals surface area (Å²) >= 11 is 6.41. The van der Waals surface area contributed by atoms with E-state index in [1.807, 2.05) is 53.4 Å². The molecule has 182 valence electrons. The molecule has 0 aliphatic rings. The summed E-state index contributed by atoms with van der Waals surface area (Å²) in [6, 6.07) is 11.5. The number of benzene rings is 1. The lowest BCUT2D eigenvalue weighted by molar-refractivity contribution is -0.727. The van der Waals surface area contributed by atoms with Crippen molar-refractivity contribution in [3.8, 4) is 5.75 Å². The molecule has 2 rings (SSSR count). The molecule has 1 heterocycles. The number of pyridine rings is 1. The molecule has 5 heteroatoms. The second-order valence-electron chi connectivity index (χ2n) is 8.79. The summed E-state index contributed by atoms with van der Waals surface area (Å²) in [6.45, 7) is 5.00. The van der Waals surface area contributed by atoms with Crippen LogP contribution in [0, 0.1) is 0 Å². The monoisotopic (exact) mass is 473 g/mol. The van der Waals surface area contributed by atoms with Gasteiger partial charge in [0.15, 0.2) is 12.4 Å². The Morgan fingerprint density at radius 2 is 1.58 bits per heavy atom. The largest absolute Gasteiger partial charge is 0.492 e. The third-order valence-electron chi connectivity index (χ3n) is 5.93. The first-order chi connectivity index (χ1) is 16.1. The van der Waals surface area contributed by atoms with Gasteiger partial charge in [0.1, 0.15) is 5.75 Å². The summed E-state index contributed by atoms with van der Waals surface area (Å²) < 4.78 is 7.88. The van der Waals surface area contributed by atoms with Gasteiger partial charge in [-0.25, -0.2) is 0 Å². The van der Waals surface area contributed by atoms with E-state index in [9.17, 15) is 4.79 Å². The molecule has 0 spiro atoms. The van der Waals surface area contributed by atoms with Gasteiger partial charge in [0.2, 0.25) is 12.1 Å². The van der Waals surface area contributed by atoms with Crippen molar-refractivity contribution in [1.82, 2.24) is 5.32 Å². The highest BCUT2D eigenvalue weighted by atomic mass is 35.5. The lowest BCUT2D eigenvalue weighted by atomic mass is 10.1. The smallest absolute Gasteiger partial charge is 0.233 e. The van der Waals surface area contributed by atoms with E-state index < -0.39 is 0 Å². The number of nitrogens with one attached hydrogen (secondary N) is 1. The lowest BCUT2D eigenvalue weighted by Crippen LogP contribution is -2.49. The van der Waals surface area contributed by atoms with Gasteiger partial charge in [-0.2, -0.15) is 4.57 Å². The number of hydrogen-bond acceptors (Lipinski definition) is 2. The number of unbranched alkanes of at least 4 members (excludes halogenated alkanes) is 9. The molecule has 0 saturated carbocycles. The second-order valence-corrected chi connectivity index (χ2v) is 9.19. The van der Waals surface area contributed by atoms with E-state index in [0.717, 1.165) is 18.4 Å².